The number of rotatable bonds is 5. The second-order valence-corrected chi connectivity index (χ2v) is 8.25. The zero-order valence-electron chi connectivity index (χ0n) is 14.4. The van der Waals surface area contributed by atoms with Crippen LogP contribution in [0.3, 0.4) is 0 Å². The molecule has 144 valence electrons. The topological polar surface area (TPSA) is 66.8 Å². The summed E-state index contributed by atoms with van der Waals surface area (Å²) in [7, 11) is -4.17. The summed E-state index contributed by atoms with van der Waals surface area (Å²) in [5.41, 5.74) is 0.194. The fraction of sp³-hybridized carbons (Fsp3) is 0.0526. The van der Waals surface area contributed by atoms with Crippen LogP contribution in [0.2, 0.25) is 0 Å². The van der Waals surface area contributed by atoms with Gasteiger partial charge in [-0.3, -0.25) is 9.69 Å². The van der Waals surface area contributed by atoms with Gasteiger partial charge in [0.2, 0.25) is 0 Å². The predicted molar refractivity (Wildman–Crippen MR) is 105 cm³/mol. The maximum atomic E-state index is 13.9. The van der Waals surface area contributed by atoms with Crippen LogP contribution in [0.15, 0.2) is 75.4 Å². The lowest BCUT2D eigenvalue weighted by atomic mass is 10.2. The lowest BCUT2D eigenvalue weighted by molar-refractivity contribution is -0.121. The van der Waals surface area contributed by atoms with Crippen molar-refractivity contribution in [3.63, 3.8) is 0 Å². The zero-order valence-corrected chi connectivity index (χ0v) is 16.0. The monoisotopic (exact) mass is 420 g/mol. The highest BCUT2D eigenvalue weighted by Gasteiger charge is 2.34. The second-order valence-electron chi connectivity index (χ2n) is 5.64. The molecular formula is C19H14F2N2O3S2. The highest BCUT2D eigenvalue weighted by molar-refractivity contribution is 8.19. The molecule has 0 saturated carbocycles. The number of carbonyl (C=O) groups is 1. The molecular weight excluding hydrogens is 406 g/mol. The number of thioether (sulfide) groups is 1. The molecule has 0 atom stereocenters. The first kappa shape index (κ1) is 20.0. The number of halogens is 2. The summed E-state index contributed by atoms with van der Waals surface area (Å²) in [6.07, 6.45) is 2.76. The van der Waals surface area contributed by atoms with Gasteiger partial charge in [0.25, 0.3) is 15.9 Å². The third-order valence-corrected chi connectivity index (χ3v) is 6.10. The van der Waals surface area contributed by atoms with Gasteiger partial charge in [-0.2, -0.15) is 8.42 Å². The minimum absolute atomic E-state index is 0.0260. The Kier molecular flexibility index (Phi) is 5.76. The van der Waals surface area contributed by atoms with Crippen LogP contribution >= 0.6 is 11.8 Å². The summed E-state index contributed by atoms with van der Waals surface area (Å²) in [5.74, 6) is -1.61. The van der Waals surface area contributed by atoms with Gasteiger partial charge in [-0.25, -0.2) is 8.78 Å². The van der Waals surface area contributed by atoms with Gasteiger partial charge in [-0.05, 0) is 48.2 Å². The van der Waals surface area contributed by atoms with Crippen molar-refractivity contribution in [1.29, 1.82) is 0 Å². The van der Waals surface area contributed by atoms with E-state index in [1.165, 1.54) is 30.4 Å². The molecule has 1 saturated heterocycles. The molecule has 1 aliphatic heterocycles. The Morgan fingerprint density at radius 1 is 1.11 bits per heavy atom. The van der Waals surface area contributed by atoms with Crippen molar-refractivity contribution in [2.75, 3.05) is 6.54 Å². The third-order valence-electron chi connectivity index (χ3n) is 3.70. The number of amides is 1. The maximum Gasteiger partial charge on any atom is 0.284 e. The van der Waals surface area contributed by atoms with Crippen LogP contribution in [-0.4, -0.2) is 30.9 Å². The van der Waals surface area contributed by atoms with Crippen molar-refractivity contribution in [2.45, 2.75) is 4.90 Å². The molecule has 0 aliphatic carbocycles. The molecule has 0 spiro atoms. The van der Waals surface area contributed by atoms with Gasteiger partial charge < -0.3 is 0 Å². The summed E-state index contributed by atoms with van der Waals surface area (Å²) < 4.78 is 55.7. The van der Waals surface area contributed by atoms with Gasteiger partial charge in [0.1, 0.15) is 11.6 Å². The highest BCUT2D eigenvalue weighted by atomic mass is 32.2. The van der Waals surface area contributed by atoms with Crippen LogP contribution in [0.5, 0.6) is 0 Å². The van der Waals surface area contributed by atoms with Gasteiger partial charge >= 0.3 is 0 Å². The van der Waals surface area contributed by atoms with Gasteiger partial charge in [0, 0.05) is 12.1 Å². The number of hydrogen-bond acceptors (Lipinski definition) is 4. The van der Waals surface area contributed by atoms with E-state index >= 15 is 0 Å². The highest BCUT2D eigenvalue weighted by Crippen LogP contribution is 2.34. The molecule has 0 bridgehead atoms. The number of sulfonamides is 1. The average Bonchev–Trinajstić information content (AvgIpc) is 2.92. The molecule has 0 unspecified atom stereocenters. The van der Waals surface area contributed by atoms with E-state index in [2.05, 4.69) is 11.0 Å². The molecule has 1 heterocycles. The van der Waals surface area contributed by atoms with Crippen molar-refractivity contribution in [3.05, 3.63) is 83.3 Å². The van der Waals surface area contributed by atoms with Crippen LogP contribution in [0.1, 0.15) is 5.56 Å². The zero-order chi connectivity index (χ0) is 20.3. The standard InChI is InChI=1S/C19H14F2N2O3S2/c1-2-11-23-18(24)17(12-13-5-3-4-6-16(13)21)27-19(23)22-28(25,26)15-9-7-14(20)8-10-15/h2-10,12H,1,11H2/b17-12-,22-19+. The maximum absolute atomic E-state index is 13.9. The normalized spacial score (nSPS) is 17.5. The summed E-state index contributed by atoms with van der Waals surface area (Å²) in [6.45, 7) is 3.58. The SMILES string of the molecule is C=CCN1C(=O)/C(=C/c2ccccc2F)S/C1=N/S(=O)(=O)c1ccc(F)cc1. The molecule has 5 nitrogen and oxygen atoms in total. The first-order valence-electron chi connectivity index (χ1n) is 7.99. The van der Waals surface area contributed by atoms with E-state index in [9.17, 15) is 22.0 Å². The lowest BCUT2D eigenvalue weighted by Gasteiger charge is -2.12. The van der Waals surface area contributed by atoms with E-state index in [1.807, 2.05) is 0 Å². The van der Waals surface area contributed by atoms with Gasteiger partial charge in [0.05, 0.1) is 9.80 Å². The molecule has 28 heavy (non-hydrogen) atoms. The van der Waals surface area contributed by atoms with Crippen molar-refractivity contribution in [2.24, 2.45) is 4.40 Å². The van der Waals surface area contributed by atoms with E-state index < -0.39 is 27.6 Å². The smallest absolute Gasteiger partial charge is 0.282 e. The Bertz CT molecular complexity index is 1090. The summed E-state index contributed by atoms with van der Waals surface area (Å²) >= 11 is 0.815. The first-order valence-corrected chi connectivity index (χ1v) is 10.2. The lowest BCUT2D eigenvalue weighted by Crippen LogP contribution is -2.29. The van der Waals surface area contributed by atoms with E-state index in [0.29, 0.717) is 0 Å². The molecule has 0 N–H and O–H groups in total. The molecule has 1 fully saturated rings. The molecule has 0 aromatic heterocycles. The van der Waals surface area contributed by atoms with Crippen LogP contribution in [0, 0.1) is 11.6 Å². The predicted octanol–water partition coefficient (Wildman–Crippen LogP) is 3.81. The summed E-state index contributed by atoms with van der Waals surface area (Å²) in [4.78, 5) is 13.7. The molecule has 2 aromatic rings. The van der Waals surface area contributed by atoms with Crippen molar-refractivity contribution in [1.82, 2.24) is 4.90 Å². The van der Waals surface area contributed by atoms with Gasteiger partial charge in [0.15, 0.2) is 5.17 Å². The molecule has 1 amide bonds. The van der Waals surface area contributed by atoms with Crippen LogP contribution < -0.4 is 0 Å². The Labute approximate surface area is 165 Å². The van der Waals surface area contributed by atoms with E-state index in [-0.39, 0.29) is 27.1 Å². The number of carbonyl (C=O) groups excluding carboxylic acids is 1. The Hall–Kier alpha value is -2.78. The number of nitrogens with zero attached hydrogens (tertiary/aromatic N) is 2. The molecule has 1 aliphatic rings. The minimum Gasteiger partial charge on any atom is -0.282 e. The van der Waals surface area contributed by atoms with Crippen molar-refractivity contribution in [3.8, 4) is 0 Å². The molecule has 2 aromatic carbocycles. The largest absolute Gasteiger partial charge is 0.284 e. The number of hydrogen-bond donors (Lipinski definition) is 0. The Balaban J connectivity index is 2.01. The fourth-order valence-corrected chi connectivity index (χ4v) is 4.54. The van der Waals surface area contributed by atoms with Crippen molar-refractivity contribution >= 4 is 38.9 Å². The van der Waals surface area contributed by atoms with E-state index in [4.69, 9.17) is 0 Å². The number of amidine groups is 1. The molecule has 3 rings (SSSR count). The van der Waals surface area contributed by atoms with Crippen LogP contribution in [-0.2, 0) is 14.8 Å². The van der Waals surface area contributed by atoms with Crippen LogP contribution in [0.25, 0.3) is 6.08 Å². The van der Waals surface area contributed by atoms with Crippen LogP contribution in [0.4, 0.5) is 8.78 Å². The van der Waals surface area contributed by atoms with Crippen molar-refractivity contribution < 1.29 is 22.0 Å². The first-order chi connectivity index (χ1) is 13.3. The van der Waals surface area contributed by atoms with Gasteiger partial charge in [-0.1, -0.05) is 24.3 Å². The third kappa shape index (κ3) is 4.20. The summed E-state index contributed by atoms with van der Waals surface area (Å²) in [6, 6.07) is 10.1. The molecule has 0 radical (unpaired) electrons. The summed E-state index contributed by atoms with van der Waals surface area (Å²) in [5, 5.41) is -0.0863. The minimum atomic E-state index is -4.17. The van der Waals surface area contributed by atoms with E-state index in [1.54, 1.807) is 6.07 Å². The molecule has 9 heteroatoms. The average molecular weight is 420 g/mol. The number of benzene rings is 2. The Morgan fingerprint density at radius 2 is 1.79 bits per heavy atom. The fourth-order valence-electron chi connectivity index (χ4n) is 2.36. The van der Waals surface area contributed by atoms with Gasteiger partial charge in [-0.15, -0.1) is 11.0 Å². The quantitative estimate of drug-likeness (QED) is 0.545. The second kappa shape index (κ2) is 8.07. The Morgan fingerprint density at radius 3 is 2.43 bits per heavy atom. The van der Waals surface area contributed by atoms with E-state index in [0.717, 1.165) is 40.9 Å².